The third-order valence-corrected chi connectivity index (χ3v) is 6.03. The highest BCUT2D eigenvalue weighted by atomic mass is 32.2. The van der Waals surface area contributed by atoms with Gasteiger partial charge in [0.2, 0.25) is 0 Å². The van der Waals surface area contributed by atoms with Gasteiger partial charge in [-0.15, -0.1) is 0 Å². The molecule has 3 aromatic rings. The predicted octanol–water partition coefficient (Wildman–Crippen LogP) is 3.15. The van der Waals surface area contributed by atoms with Crippen molar-refractivity contribution in [1.29, 1.82) is 0 Å². The van der Waals surface area contributed by atoms with E-state index in [1.54, 1.807) is 12.5 Å². The third-order valence-electron chi connectivity index (χ3n) is 4.96. The quantitative estimate of drug-likeness (QED) is 0.532. The van der Waals surface area contributed by atoms with Crippen LogP contribution in [0.3, 0.4) is 0 Å². The van der Waals surface area contributed by atoms with E-state index in [0.717, 1.165) is 28.6 Å². The molecule has 28 heavy (non-hydrogen) atoms. The average Bonchev–Trinajstić information content (AvgIpc) is 2.75. The number of carbonyl (C=O) groups is 1. The van der Waals surface area contributed by atoms with E-state index in [1.165, 1.54) is 18.9 Å². The molecule has 1 aromatic carbocycles. The van der Waals surface area contributed by atoms with Crippen LogP contribution in [0.2, 0.25) is 0 Å². The van der Waals surface area contributed by atoms with Gasteiger partial charge in [-0.25, -0.2) is 9.97 Å². The molecule has 4 rings (SSSR count). The largest absolute Gasteiger partial charge is 0.469 e. The van der Waals surface area contributed by atoms with Crippen LogP contribution in [0.15, 0.2) is 52.8 Å². The summed E-state index contributed by atoms with van der Waals surface area (Å²) in [5, 5.41) is 1.78. The fourth-order valence-electron chi connectivity index (χ4n) is 3.46. The predicted molar refractivity (Wildman–Crippen MR) is 109 cm³/mol. The summed E-state index contributed by atoms with van der Waals surface area (Å²) in [6, 6.07) is 10.0. The number of nitrogens with two attached hydrogens (primary N) is 1. The van der Waals surface area contributed by atoms with Crippen molar-refractivity contribution in [2.24, 2.45) is 5.92 Å². The Morgan fingerprint density at radius 2 is 1.96 bits per heavy atom. The zero-order valence-electron chi connectivity index (χ0n) is 15.5. The summed E-state index contributed by atoms with van der Waals surface area (Å²) in [6.45, 7) is 1.42. The van der Waals surface area contributed by atoms with Crippen molar-refractivity contribution in [2.75, 3.05) is 30.8 Å². The van der Waals surface area contributed by atoms with Crippen LogP contribution in [0.4, 0.5) is 11.5 Å². The van der Waals surface area contributed by atoms with Crippen molar-refractivity contribution in [1.82, 2.24) is 15.0 Å². The number of fused-ring (bicyclic) bond motifs is 1. The van der Waals surface area contributed by atoms with Crippen LogP contribution in [-0.4, -0.2) is 41.1 Å². The number of nitrogen functional groups attached to an aromatic ring is 1. The lowest BCUT2D eigenvalue weighted by atomic mass is 9.97. The molecule has 1 aliphatic heterocycles. The number of para-hydroxylation sites is 1. The Morgan fingerprint density at radius 1 is 1.18 bits per heavy atom. The van der Waals surface area contributed by atoms with Gasteiger partial charge in [0.05, 0.1) is 18.5 Å². The van der Waals surface area contributed by atoms with Crippen LogP contribution in [-0.2, 0) is 9.53 Å². The number of esters is 1. The SMILES string of the molecule is COC(=O)C1CCN(c2ncnc(Sc3cccc4cccnc34)c2N)CC1. The monoisotopic (exact) mass is 395 g/mol. The van der Waals surface area contributed by atoms with Crippen molar-refractivity contribution in [3.8, 4) is 0 Å². The van der Waals surface area contributed by atoms with Crippen molar-refractivity contribution < 1.29 is 9.53 Å². The molecule has 0 unspecified atom stereocenters. The molecule has 0 spiro atoms. The fraction of sp³-hybridized carbons (Fsp3) is 0.300. The number of rotatable bonds is 4. The number of hydrogen-bond donors (Lipinski definition) is 1. The van der Waals surface area contributed by atoms with Gasteiger partial charge in [0.1, 0.15) is 17.0 Å². The molecular weight excluding hydrogens is 374 g/mol. The summed E-state index contributed by atoms with van der Waals surface area (Å²) in [5.74, 6) is 0.518. The van der Waals surface area contributed by atoms with Gasteiger partial charge in [0.15, 0.2) is 5.82 Å². The van der Waals surface area contributed by atoms with E-state index in [1.807, 2.05) is 30.3 Å². The average molecular weight is 395 g/mol. The summed E-state index contributed by atoms with van der Waals surface area (Å²) < 4.78 is 4.86. The minimum atomic E-state index is -0.144. The second-order valence-electron chi connectivity index (χ2n) is 6.63. The smallest absolute Gasteiger partial charge is 0.308 e. The molecule has 0 saturated carbocycles. The first-order chi connectivity index (χ1) is 13.7. The highest BCUT2D eigenvalue weighted by molar-refractivity contribution is 7.99. The summed E-state index contributed by atoms with van der Waals surface area (Å²) in [4.78, 5) is 28.1. The summed E-state index contributed by atoms with van der Waals surface area (Å²) in [5.41, 5.74) is 7.90. The van der Waals surface area contributed by atoms with Gasteiger partial charge in [-0.05, 0) is 25.0 Å². The number of hydrogen-bond acceptors (Lipinski definition) is 8. The van der Waals surface area contributed by atoms with E-state index in [9.17, 15) is 4.79 Å². The molecule has 1 fully saturated rings. The van der Waals surface area contributed by atoms with Crippen LogP contribution in [0, 0.1) is 5.92 Å². The lowest BCUT2D eigenvalue weighted by molar-refractivity contribution is -0.146. The summed E-state index contributed by atoms with van der Waals surface area (Å²) in [6.07, 6.45) is 4.78. The first kappa shape index (κ1) is 18.5. The fourth-order valence-corrected chi connectivity index (χ4v) is 4.38. The first-order valence-corrected chi connectivity index (χ1v) is 9.94. The summed E-state index contributed by atoms with van der Waals surface area (Å²) >= 11 is 1.49. The van der Waals surface area contributed by atoms with E-state index in [2.05, 4.69) is 19.9 Å². The molecule has 8 heteroatoms. The van der Waals surface area contributed by atoms with Crippen molar-refractivity contribution in [3.05, 3.63) is 42.9 Å². The molecule has 1 aliphatic rings. The van der Waals surface area contributed by atoms with Gasteiger partial charge in [0, 0.05) is 29.6 Å². The lowest BCUT2D eigenvalue weighted by Gasteiger charge is -2.32. The van der Waals surface area contributed by atoms with Crippen molar-refractivity contribution in [2.45, 2.75) is 22.8 Å². The maximum Gasteiger partial charge on any atom is 0.308 e. The van der Waals surface area contributed by atoms with Gasteiger partial charge in [-0.3, -0.25) is 9.78 Å². The number of pyridine rings is 1. The molecule has 1 saturated heterocycles. The van der Waals surface area contributed by atoms with Crippen molar-refractivity contribution >= 4 is 40.1 Å². The number of nitrogens with zero attached hydrogens (tertiary/aromatic N) is 4. The molecule has 0 amide bonds. The van der Waals surface area contributed by atoms with Crippen molar-refractivity contribution in [3.63, 3.8) is 0 Å². The van der Waals surface area contributed by atoms with Crippen LogP contribution in [0.25, 0.3) is 10.9 Å². The van der Waals surface area contributed by atoms with Gasteiger partial charge < -0.3 is 15.4 Å². The highest BCUT2D eigenvalue weighted by Gasteiger charge is 2.27. The van der Waals surface area contributed by atoms with Gasteiger partial charge >= 0.3 is 5.97 Å². The maximum atomic E-state index is 11.7. The molecule has 0 atom stereocenters. The molecule has 0 bridgehead atoms. The molecular formula is C20H21N5O2S. The molecule has 0 aliphatic carbocycles. The van der Waals surface area contributed by atoms with E-state index in [0.29, 0.717) is 29.6 Å². The Labute approximate surface area is 167 Å². The molecule has 2 aromatic heterocycles. The third kappa shape index (κ3) is 3.60. The van der Waals surface area contributed by atoms with Gasteiger partial charge in [0.25, 0.3) is 0 Å². The molecule has 144 valence electrons. The first-order valence-electron chi connectivity index (χ1n) is 9.12. The Morgan fingerprint density at radius 3 is 2.75 bits per heavy atom. The Kier molecular flexibility index (Phi) is 5.29. The standard InChI is InChI=1S/C20H21N5O2S/c1-27-20(26)14-7-10-25(11-8-14)18-16(21)19(24-12-23-18)28-15-6-2-4-13-5-3-9-22-17(13)15/h2-6,9,12,14H,7-8,10-11,21H2,1H3. The number of methoxy groups -OCH3 is 1. The zero-order valence-corrected chi connectivity index (χ0v) is 16.4. The Hall–Kier alpha value is -2.87. The number of benzene rings is 1. The van der Waals surface area contributed by atoms with Crippen LogP contribution in [0.5, 0.6) is 0 Å². The summed E-state index contributed by atoms with van der Waals surface area (Å²) in [7, 11) is 1.43. The van der Waals surface area contributed by atoms with Crippen LogP contribution in [0.1, 0.15) is 12.8 Å². The highest BCUT2D eigenvalue weighted by Crippen LogP contribution is 2.37. The molecule has 0 radical (unpaired) electrons. The molecule has 7 nitrogen and oxygen atoms in total. The lowest BCUT2D eigenvalue weighted by Crippen LogP contribution is -2.37. The Balaban J connectivity index is 1.57. The normalized spacial score (nSPS) is 15.0. The Bertz CT molecular complexity index is 1000. The second-order valence-corrected chi connectivity index (χ2v) is 7.66. The van der Waals surface area contributed by atoms with Gasteiger partial charge in [-0.1, -0.05) is 30.0 Å². The van der Waals surface area contributed by atoms with E-state index < -0.39 is 0 Å². The number of aromatic nitrogens is 3. The van der Waals surface area contributed by atoms with Crippen LogP contribution < -0.4 is 10.6 Å². The van der Waals surface area contributed by atoms with Crippen LogP contribution >= 0.6 is 11.8 Å². The minimum Gasteiger partial charge on any atom is -0.469 e. The topological polar surface area (TPSA) is 94.2 Å². The maximum absolute atomic E-state index is 11.7. The zero-order chi connectivity index (χ0) is 19.5. The number of anilines is 2. The molecule has 3 heterocycles. The van der Waals surface area contributed by atoms with E-state index in [-0.39, 0.29) is 11.9 Å². The van der Waals surface area contributed by atoms with E-state index >= 15 is 0 Å². The minimum absolute atomic E-state index is 0.0556. The van der Waals surface area contributed by atoms with E-state index in [4.69, 9.17) is 10.5 Å². The molecule has 2 N–H and O–H groups in total. The number of ether oxygens (including phenoxy) is 1. The number of carbonyl (C=O) groups excluding carboxylic acids is 1. The number of piperidine rings is 1. The second kappa shape index (κ2) is 8.02. The van der Waals surface area contributed by atoms with Gasteiger partial charge in [-0.2, -0.15) is 0 Å².